The van der Waals surface area contributed by atoms with Gasteiger partial charge in [0.15, 0.2) is 0 Å². The highest BCUT2D eigenvalue weighted by molar-refractivity contribution is 6.35. The summed E-state index contributed by atoms with van der Waals surface area (Å²) in [4.78, 5) is 12.2. The maximum Gasteiger partial charge on any atom is 0.251 e. The zero-order chi connectivity index (χ0) is 13.8. The zero-order valence-corrected chi connectivity index (χ0v) is 12.2. The lowest BCUT2D eigenvalue weighted by Crippen LogP contribution is -2.46. The summed E-state index contributed by atoms with van der Waals surface area (Å²) >= 11 is 11.8. The minimum Gasteiger partial charge on any atom is -0.348 e. The average Bonchev–Trinajstić information content (AvgIpc) is 2.54. The number of nitrogens with two attached hydrogens (primary N) is 1. The molecule has 0 heterocycles. The molecule has 1 saturated carbocycles. The summed E-state index contributed by atoms with van der Waals surface area (Å²) in [6.45, 7) is 0. The molecule has 1 aliphatic carbocycles. The van der Waals surface area contributed by atoms with Crippen LogP contribution in [0.2, 0.25) is 10.0 Å². The lowest BCUT2D eigenvalue weighted by atomic mass is 10.0. The zero-order valence-electron chi connectivity index (χ0n) is 10.7. The molecule has 3 nitrogen and oxygen atoms in total. The van der Waals surface area contributed by atoms with Gasteiger partial charge in [0.05, 0.1) is 0 Å². The van der Waals surface area contributed by atoms with Gasteiger partial charge in [-0.1, -0.05) is 42.5 Å². The number of benzene rings is 1. The number of carbonyl (C=O) groups is 1. The smallest absolute Gasteiger partial charge is 0.251 e. The normalized spacial score (nSPS) is 23.7. The summed E-state index contributed by atoms with van der Waals surface area (Å²) in [7, 11) is 0. The molecule has 3 N–H and O–H groups in total. The van der Waals surface area contributed by atoms with Crippen LogP contribution in [0, 0.1) is 0 Å². The standard InChI is InChI=1S/C14H18Cl2N2O/c15-10-6-9(7-11(16)8-10)14(19)18-13-5-3-1-2-4-12(13)17/h6-8,12-13H,1-5,17H2,(H,18,19). The van der Waals surface area contributed by atoms with Crippen molar-refractivity contribution in [1.29, 1.82) is 0 Å². The first-order valence-corrected chi connectivity index (χ1v) is 7.34. The van der Waals surface area contributed by atoms with E-state index in [1.807, 2.05) is 0 Å². The van der Waals surface area contributed by atoms with Crippen molar-refractivity contribution in [2.24, 2.45) is 5.73 Å². The molecule has 0 bridgehead atoms. The van der Waals surface area contributed by atoms with Crippen LogP contribution in [0.5, 0.6) is 0 Å². The first-order chi connectivity index (χ1) is 9.06. The van der Waals surface area contributed by atoms with Crippen LogP contribution in [-0.4, -0.2) is 18.0 Å². The molecule has 2 atom stereocenters. The molecular weight excluding hydrogens is 283 g/mol. The van der Waals surface area contributed by atoms with Crippen molar-refractivity contribution in [3.63, 3.8) is 0 Å². The molecule has 1 amide bonds. The van der Waals surface area contributed by atoms with Crippen LogP contribution in [-0.2, 0) is 0 Å². The predicted molar refractivity (Wildman–Crippen MR) is 78.8 cm³/mol. The van der Waals surface area contributed by atoms with Crippen molar-refractivity contribution in [3.05, 3.63) is 33.8 Å². The van der Waals surface area contributed by atoms with Gasteiger partial charge in [-0.15, -0.1) is 0 Å². The Morgan fingerprint density at radius 3 is 2.42 bits per heavy atom. The molecule has 0 aromatic heterocycles. The second-order valence-electron chi connectivity index (χ2n) is 5.04. The maximum atomic E-state index is 12.2. The van der Waals surface area contributed by atoms with E-state index >= 15 is 0 Å². The van der Waals surface area contributed by atoms with Crippen molar-refractivity contribution >= 4 is 29.1 Å². The number of hydrogen-bond donors (Lipinski definition) is 2. The fraction of sp³-hybridized carbons (Fsp3) is 0.500. The first kappa shape index (κ1) is 14.6. The molecule has 1 fully saturated rings. The van der Waals surface area contributed by atoms with Crippen LogP contribution < -0.4 is 11.1 Å². The summed E-state index contributed by atoms with van der Waals surface area (Å²) in [5.74, 6) is -0.160. The van der Waals surface area contributed by atoms with Gasteiger partial charge in [0.1, 0.15) is 0 Å². The van der Waals surface area contributed by atoms with E-state index in [1.54, 1.807) is 18.2 Å². The Bertz CT molecular complexity index is 445. The minimum atomic E-state index is -0.160. The highest BCUT2D eigenvalue weighted by Crippen LogP contribution is 2.20. The molecular formula is C14H18Cl2N2O. The Labute approximate surface area is 123 Å². The number of hydrogen-bond acceptors (Lipinski definition) is 2. The first-order valence-electron chi connectivity index (χ1n) is 6.59. The lowest BCUT2D eigenvalue weighted by molar-refractivity contribution is 0.0929. The van der Waals surface area contributed by atoms with E-state index in [9.17, 15) is 4.79 Å². The molecule has 1 aliphatic rings. The lowest BCUT2D eigenvalue weighted by Gasteiger charge is -2.22. The van der Waals surface area contributed by atoms with Gasteiger partial charge < -0.3 is 11.1 Å². The fourth-order valence-corrected chi connectivity index (χ4v) is 2.98. The molecule has 19 heavy (non-hydrogen) atoms. The van der Waals surface area contributed by atoms with Crippen molar-refractivity contribution in [1.82, 2.24) is 5.32 Å². The summed E-state index contributed by atoms with van der Waals surface area (Å²) in [6, 6.07) is 4.90. The number of carbonyl (C=O) groups excluding carboxylic acids is 1. The van der Waals surface area contributed by atoms with E-state index in [0.717, 1.165) is 25.7 Å². The highest BCUT2D eigenvalue weighted by Gasteiger charge is 2.22. The topological polar surface area (TPSA) is 55.1 Å². The van der Waals surface area contributed by atoms with Gasteiger partial charge in [-0.2, -0.15) is 0 Å². The van der Waals surface area contributed by atoms with Crippen LogP contribution in [0.1, 0.15) is 42.5 Å². The molecule has 104 valence electrons. The summed E-state index contributed by atoms with van der Waals surface area (Å²) in [5, 5.41) is 3.92. The van der Waals surface area contributed by atoms with Gasteiger partial charge >= 0.3 is 0 Å². The summed E-state index contributed by atoms with van der Waals surface area (Å²) in [6.07, 6.45) is 5.32. The Morgan fingerprint density at radius 1 is 1.11 bits per heavy atom. The highest BCUT2D eigenvalue weighted by atomic mass is 35.5. The van der Waals surface area contributed by atoms with Crippen molar-refractivity contribution in [3.8, 4) is 0 Å². The van der Waals surface area contributed by atoms with E-state index in [4.69, 9.17) is 28.9 Å². The second kappa shape index (κ2) is 6.60. The third kappa shape index (κ3) is 4.10. The van der Waals surface area contributed by atoms with Gasteiger partial charge in [0.25, 0.3) is 5.91 Å². The van der Waals surface area contributed by atoms with E-state index in [-0.39, 0.29) is 18.0 Å². The van der Waals surface area contributed by atoms with Crippen molar-refractivity contribution in [2.45, 2.75) is 44.2 Å². The third-order valence-corrected chi connectivity index (χ3v) is 3.95. The number of halogens is 2. The van der Waals surface area contributed by atoms with Crippen LogP contribution in [0.15, 0.2) is 18.2 Å². The fourth-order valence-electron chi connectivity index (χ4n) is 2.45. The number of amides is 1. The summed E-state index contributed by atoms with van der Waals surface area (Å²) in [5.41, 5.74) is 6.58. The van der Waals surface area contributed by atoms with Gasteiger partial charge in [-0.25, -0.2) is 0 Å². The quantitative estimate of drug-likeness (QED) is 0.823. The Kier molecular flexibility index (Phi) is 5.08. The Morgan fingerprint density at radius 2 is 1.74 bits per heavy atom. The molecule has 0 radical (unpaired) electrons. The van der Waals surface area contributed by atoms with E-state index in [0.29, 0.717) is 15.6 Å². The monoisotopic (exact) mass is 300 g/mol. The summed E-state index contributed by atoms with van der Waals surface area (Å²) < 4.78 is 0. The third-order valence-electron chi connectivity index (χ3n) is 3.51. The van der Waals surface area contributed by atoms with Gasteiger partial charge in [0, 0.05) is 27.7 Å². The predicted octanol–water partition coefficient (Wildman–Crippen LogP) is 3.38. The molecule has 2 unspecified atom stereocenters. The molecule has 2 rings (SSSR count). The molecule has 0 saturated heterocycles. The number of rotatable bonds is 2. The van der Waals surface area contributed by atoms with E-state index < -0.39 is 0 Å². The van der Waals surface area contributed by atoms with Gasteiger partial charge in [-0.3, -0.25) is 4.79 Å². The Balaban J connectivity index is 2.07. The molecule has 1 aromatic carbocycles. The molecule has 1 aromatic rings. The van der Waals surface area contributed by atoms with Crippen molar-refractivity contribution in [2.75, 3.05) is 0 Å². The van der Waals surface area contributed by atoms with Crippen LogP contribution in [0.4, 0.5) is 0 Å². The van der Waals surface area contributed by atoms with E-state index in [2.05, 4.69) is 5.32 Å². The van der Waals surface area contributed by atoms with Gasteiger partial charge in [-0.05, 0) is 31.0 Å². The molecule has 0 aliphatic heterocycles. The minimum absolute atomic E-state index is 0.0288. The van der Waals surface area contributed by atoms with E-state index in [1.165, 1.54) is 6.42 Å². The van der Waals surface area contributed by atoms with Crippen LogP contribution in [0.3, 0.4) is 0 Å². The number of nitrogens with one attached hydrogen (secondary N) is 1. The maximum absolute atomic E-state index is 12.2. The SMILES string of the molecule is NC1CCCCCC1NC(=O)c1cc(Cl)cc(Cl)c1. The Hall–Kier alpha value is -0.770. The van der Waals surface area contributed by atoms with Crippen molar-refractivity contribution < 1.29 is 4.79 Å². The van der Waals surface area contributed by atoms with Crippen LogP contribution >= 0.6 is 23.2 Å². The van der Waals surface area contributed by atoms with Crippen LogP contribution in [0.25, 0.3) is 0 Å². The van der Waals surface area contributed by atoms with Gasteiger partial charge in [0.2, 0.25) is 0 Å². The second-order valence-corrected chi connectivity index (χ2v) is 5.91. The molecule has 5 heteroatoms. The average molecular weight is 301 g/mol. The molecule has 0 spiro atoms. The largest absolute Gasteiger partial charge is 0.348 e.